The molecule has 2 aromatic carbocycles. The Morgan fingerprint density at radius 2 is 1.93 bits per heavy atom. The lowest BCUT2D eigenvalue weighted by atomic mass is 9.74. The van der Waals surface area contributed by atoms with Crippen molar-refractivity contribution in [1.82, 2.24) is 15.5 Å². The van der Waals surface area contributed by atoms with E-state index in [1.165, 1.54) is 12.1 Å². The van der Waals surface area contributed by atoms with Crippen LogP contribution in [0.1, 0.15) is 24.3 Å². The molecule has 0 saturated carbocycles. The first-order valence-electron chi connectivity index (χ1n) is 9.73. The van der Waals surface area contributed by atoms with Crippen molar-refractivity contribution in [2.24, 2.45) is 5.41 Å². The topological polar surface area (TPSA) is 77.3 Å². The Balaban J connectivity index is 1.45. The number of aromatic nitrogens is 2. The highest BCUT2D eigenvalue weighted by Crippen LogP contribution is 2.35. The van der Waals surface area contributed by atoms with E-state index >= 15 is 0 Å². The van der Waals surface area contributed by atoms with E-state index in [0.717, 1.165) is 11.1 Å². The molecule has 1 saturated heterocycles. The van der Waals surface area contributed by atoms with Crippen molar-refractivity contribution in [3.8, 4) is 11.4 Å². The number of nitrogens with zero attached hydrogens (tertiary/aromatic N) is 2. The maximum absolute atomic E-state index is 13.2. The van der Waals surface area contributed by atoms with E-state index < -0.39 is 5.41 Å². The second kappa shape index (κ2) is 8.93. The number of halogens is 2. The van der Waals surface area contributed by atoms with E-state index in [2.05, 4.69) is 15.5 Å². The molecule has 0 bridgehead atoms. The van der Waals surface area contributed by atoms with Crippen LogP contribution in [0.5, 0.6) is 0 Å². The highest BCUT2D eigenvalue weighted by atomic mass is 35.5. The Hall–Kier alpha value is -2.77. The highest BCUT2D eigenvalue weighted by Gasteiger charge is 2.40. The van der Waals surface area contributed by atoms with Crippen LogP contribution in [0, 0.1) is 11.2 Å². The van der Waals surface area contributed by atoms with Gasteiger partial charge in [-0.05, 0) is 49.1 Å². The smallest absolute Gasteiger partial charge is 0.246 e. The number of amides is 1. The van der Waals surface area contributed by atoms with Crippen LogP contribution < -0.4 is 5.32 Å². The third-order valence-corrected chi connectivity index (χ3v) is 5.57. The van der Waals surface area contributed by atoms with Crippen molar-refractivity contribution in [3.05, 3.63) is 70.8 Å². The predicted octanol–water partition coefficient (Wildman–Crippen LogP) is 4.18. The van der Waals surface area contributed by atoms with Crippen molar-refractivity contribution in [3.63, 3.8) is 0 Å². The lowest BCUT2D eigenvalue weighted by molar-refractivity contribution is -0.137. The Kier molecular flexibility index (Phi) is 6.11. The number of carbonyl (C=O) groups is 1. The van der Waals surface area contributed by atoms with Gasteiger partial charge in [0.15, 0.2) is 0 Å². The first-order chi connectivity index (χ1) is 14.5. The van der Waals surface area contributed by atoms with E-state index in [1.807, 2.05) is 6.07 Å². The minimum atomic E-state index is -0.619. The van der Waals surface area contributed by atoms with E-state index in [-0.39, 0.29) is 18.3 Å². The summed E-state index contributed by atoms with van der Waals surface area (Å²) in [4.78, 5) is 17.5. The molecule has 0 unspecified atom stereocenters. The van der Waals surface area contributed by atoms with Gasteiger partial charge in [0.25, 0.3) is 0 Å². The van der Waals surface area contributed by atoms with Crippen LogP contribution in [-0.4, -0.2) is 29.3 Å². The number of carbonyl (C=O) groups excluding carboxylic acids is 1. The molecule has 8 heteroatoms. The van der Waals surface area contributed by atoms with Crippen molar-refractivity contribution < 1.29 is 18.4 Å². The van der Waals surface area contributed by atoms with Crippen molar-refractivity contribution in [2.75, 3.05) is 13.2 Å². The van der Waals surface area contributed by atoms with Crippen LogP contribution in [0.25, 0.3) is 11.4 Å². The second-order valence-electron chi connectivity index (χ2n) is 7.40. The summed E-state index contributed by atoms with van der Waals surface area (Å²) < 4.78 is 24.0. The molecule has 1 aromatic heterocycles. The van der Waals surface area contributed by atoms with Gasteiger partial charge in [0.1, 0.15) is 5.82 Å². The first-order valence-corrected chi connectivity index (χ1v) is 10.1. The quantitative estimate of drug-likeness (QED) is 0.636. The molecule has 0 spiro atoms. The summed E-state index contributed by atoms with van der Waals surface area (Å²) in [5.41, 5.74) is 1.03. The number of benzene rings is 2. The summed E-state index contributed by atoms with van der Waals surface area (Å²) >= 11 is 6.01. The van der Waals surface area contributed by atoms with Crippen LogP contribution >= 0.6 is 11.6 Å². The van der Waals surface area contributed by atoms with E-state index in [4.69, 9.17) is 20.9 Å². The fraction of sp³-hybridized carbons (Fsp3) is 0.318. The standard InChI is InChI=1S/C22H21ClFN3O3/c23-17-3-1-2-16(12-17)20-26-19(30-27-20)14-25-21(28)22(8-10-29-11-9-22)13-15-4-6-18(24)7-5-15/h1-7,12H,8-11,13-14H2,(H,25,28). The predicted molar refractivity (Wildman–Crippen MR) is 109 cm³/mol. The maximum atomic E-state index is 13.2. The van der Waals surface area contributed by atoms with Gasteiger partial charge in [-0.2, -0.15) is 4.98 Å². The molecule has 4 rings (SSSR count). The van der Waals surface area contributed by atoms with Gasteiger partial charge in [-0.3, -0.25) is 4.79 Å². The zero-order valence-electron chi connectivity index (χ0n) is 16.2. The molecule has 0 aliphatic carbocycles. The summed E-state index contributed by atoms with van der Waals surface area (Å²) in [5, 5.41) is 7.46. The number of hydrogen-bond donors (Lipinski definition) is 1. The number of nitrogens with one attached hydrogen (secondary N) is 1. The maximum Gasteiger partial charge on any atom is 0.246 e. The first kappa shape index (κ1) is 20.5. The summed E-state index contributed by atoms with van der Waals surface area (Å²) in [7, 11) is 0. The summed E-state index contributed by atoms with van der Waals surface area (Å²) in [6.45, 7) is 1.14. The van der Waals surface area contributed by atoms with Crippen LogP contribution in [0.2, 0.25) is 5.02 Å². The molecule has 1 fully saturated rings. The van der Waals surface area contributed by atoms with Crippen molar-refractivity contribution in [1.29, 1.82) is 0 Å². The summed E-state index contributed by atoms with van der Waals surface area (Å²) in [5.74, 6) is 0.324. The van der Waals surface area contributed by atoms with Gasteiger partial charge in [-0.1, -0.05) is 41.0 Å². The molecule has 2 heterocycles. The number of rotatable bonds is 6. The molecular formula is C22H21ClFN3O3. The monoisotopic (exact) mass is 429 g/mol. The van der Waals surface area contributed by atoms with E-state index in [1.54, 1.807) is 30.3 Å². The number of ether oxygens (including phenoxy) is 1. The van der Waals surface area contributed by atoms with Gasteiger partial charge in [-0.15, -0.1) is 0 Å². The zero-order valence-corrected chi connectivity index (χ0v) is 17.0. The van der Waals surface area contributed by atoms with E-state index in [0.29, 0.717) is 49.2 Å². The van der Waals surface area contributed by atoms with Crippen molar-refractivity contribution in [2.45, 2.75) is 25.8 Å². The SMILES string of the molecule is O=C(NCc1nc(-c2cccc(Cl)c2)no1)C1(Cc2ccc(F)cc2)CCOCC1. The molecule has 0 atom stereocenters. The zero-order chi connectivity index (χ0) is 21.0. The molecule has 3 aromatic rings. The average molecular weight is 430 g/mol. The number of hydrogen-bond acceptors (Lipinski definition) is 5. The average Bonchev–Trinajstić information content (AvgIpc) is 3.23. The lowest BCUT2D eigenvalue weighted by Gasteiger charge is -2.35. The van der Waals surface area contributed by atoms with Crippen LogP contribution in [0.15, 0.2) is 53.1 Å². The van der Waals surface area contributed by atoms with E-state index in [9.17, 15) is 9.18 Å². The molecule has 1 aliphatic heterocycles. The highest BCUT2D eigenvalue weighted by molar-refractivity contribution is 6.30. The molecule has 1 N–H and O–H groups in total. The molecular weight excluding hydrogens is 409 g/mol. The second-order valence-corrected chi connectivity index (χ2v) is 7.84. The van der Waals surface area contributed by atoms with Gasteiger partial charge >= 0.3 is 0 Å². The van der Waals surface area contributed by atoms with Gasteiger partial charge in [0.2, 0.25) is 17.6 Å². The Morgan fingerprint density at radius 3 is 2.67 bits per heavy atom. The minimum Gasteiger partial charge on any atom is -0.381 e. The Morgan fingerprint density at radius 1 is 1.17 bits per heavy atom. The van der Waals surface area contributed by atoms with Gasteiger partial charge in [0.05, 0.1) is 12.0 Å². The third kappa shape index (κ3) is 4.68. The van der Waals surface area contributed by atoms with Gasteiger partial charge < -0.3 is 14.6 Å². The Labute approximate surface area is 178 Å². The van der Waals surface area contributed by atoms with Crippen LogP contribution in [0.3, 0.4) is 0 Å². The molecule has 6 nitrogen and oxygen atoms in total. The fourth-order valence-corrected chi connectivity index (χ4v) is 3.84. The Bertz CT molecular complexity index is 1020. The van der Waals surface area contributed by atoms with Gasteiger partial charge in [0, 0.05) is 23.8 Å². The minimum absolute atomic E-state index is 0.0994. The van der Waals surface area contributed by atoms with Gasteiger partial charge in [-0.25, -0.2) is 4.39 Å². The summed E-state index contributed by atoms with van der Waals surface area (Å²) in [6, 6.07) is 13.4. The fourth-order valence-electron chi connectivity index (χ4n) is 3.65. The largest absolute Gasteiger partial charge is 0.381 e. The normalized spacial score (nSPS) is 15.7. The molecule has 1 amide bonds. The van der Waals surface area contributed by atoms with Crippen LogP contribution in [-0.2, 0) is 22.5 Å². The van der Waals surface area contributed by atoms with Crippen LogP contribution in [0.4, 0.5) is 4.39 Å². The summed E-state index contributed by atoms with van der Waals surface area (Å²) in [6.07, 6.45) is 1.70. The third-order valence-electron chi connectivity index (χ3n) is 5.34. The van der Waals surface area contributed by atoms with Crippen molar-refractivity contribution >= 4 is 17.5 Å². The molecule has 156 valence electrons. The lowest BCUT2D eigenvalue weighted by Crippen LogP contribution is -2.46. The molecule has 0 radical (unpaired) electrons. The molecule has 1 aliphatic rings. The molecule has 30 heavy (non-hydrogen) atoms.